The largest absolute Gasteiger partial charge is 0.497 e. The van der Waals surface area contributed by atoms with Crippen molar-refractivity contribution in [3.05, 3.63) is 65.2 Å². The summed E-state index contributed by atoms with van der Waals surface area (Å²) < 4.78 is 36.4. The first-order valence-electron chi connectivity index (χ1n) is 8.03. The Labute approximate surface area is 161 Å². The number of nitrogens with one attached hydrogen (secondary N) is 1. The van der Waals surface area contributed by atoms with Crippen molar-refractivity contribution in [3.8, 4) is 5.75 Å². The minimum Gasteiger partial charge on any atom is -0.497 e. The number of hydrogen-bond acceptors (Lipinski definition) is 6. The third kappa shape index (κ3) is 3.27. The number of hydrogen-bond donors (Lipinski definition) is 1. The van der Waals surface area contributed by atoms with Crippen LogP contribution in [0.5, 0.6) is 5.75 Å². The van der Waals surface area contributed by atoms with Crippen molar-refractivity contribution in [1.82, 2.24) is 14.8 Å². The molecule has 140 valence electrons. The number of methoxy groups -OCH3 is 1. The Hall–Kier alpha value is -2.55. The van der Waals surface area contributed by atoms with Gasteiger partial charge < -0.3 is 14.6 Å². The molecular formula is C18H16ClN3O4S. The summed E-state index contributed by atoms with van der Waals surface area (Å²) in [6.07, 6.45) is 4.39. The van der Waals surface area contributed by atoms with E-state index < -0.39 is 16.1 Å². The predicted octanol–water partition coefficient (Wildman–Crippen LogP) is 3.35. The van der Waals surface area contributed by atoms with E-state index in [0.717, 1.165) is 16.1 Å². The Morgan fingerprint density at radius 2 is 2.11 bits per heavy atom. The van der Waals surface area contributed by atoms with Crippen LogP contribution < -0.4 is 10.2 Å². The molecular weight excluding hydrogens is 390 g/mol. The van der Waals surface area contributed by atoms with Crippen LogP contribution >= 0.6 is 11.6 Å². The summed E-state index contributed by atoms with van der Waals surface area (Å²) in [5.74, 6) is 1.20. The van der Waals surface area contributed by atoms with Crippen LogP contribution in [-0.2, 0) is 10.0 Å². The van der Waals surface area contributed by atoms with E-state index in [1.165, 1.54) is 6.26 Å². The Balaban J connectivity index is 1.86. The first-order valence-corrected chi connectivity index (χ1v) is 10.3. The smallest absolute Gasteiger partial charge is 0.228 e. The summed E-state index contributed by atoms with van der Waals surface area (Å²) in [6, 6.07) is 10.0. The number of sulfonamides is 1. The molecule has 1 N–H and O–H groups in total. The van der Waals surface area contributed by atoms with Crippen molar-refractivity contribution in [2.45, 2.75) is 6.04 Å². The number of aromatic nitrogens is 1. The highest BCUT2D eigenvalue weighted by molar-refractivity contribution is 7.88. The summed E-state index contributed by atoms with van der Waals surface area (Å²) in [5, 5.41) is 1.02. The van der Waals surface area contributed by atoms with Crippen LogP contribution in [0.15, 0.2) is 53.2 Å². The number of halogens is 1. The Morgan fingerprint density at radius 3 is 2.78 bits per heavy atom. The molecule has 0 aliphatic carbocycles. The van der Waals surface area contributed by atoms with Crippen molar-refractivity contribution in [2.24, 2.45) is 0 Å². The van der Waals surface area contributed by atoms with Crippen molar-refractivity contribution < 1.29 is 17.6 Å². The summed E-state index contributed by atoms with van der Waals surface area (Å²) in [5.41, 5.74) is 4.66. The molecule has 27 heavy (non-hydrogen) atoms. The molecule has 7 nitrogen and oxygen atoms in total. The van der Waals surface area contributed by atoms with Crippen LogP contribution in [0.2, 0.25) is 5.15 Å². The van der Waals surface area contributed by atoms with E-state index in [1.54, 1.807) is 37.5 Å². The third-order valence-electron chi connectivity index (χ3n) is 4.27. The van der Waals surface area contributed by atoms with E-state index in [4.69, 9.17) is 20.8 Å². The molecule has 0 fully saturated rings. The lowest BCUT2D eigenvalue weighted by Crippen LogP contribution is -2.38. The molecule has 0 saturated heterocycles. The number of pyridine rings is 1. The van der Waals surface area contributed by atoms with Gasteiger partial charge in [-0.2, -0.15) is 0 Å². The minimum atomic E-state index is -3.59. The van der Waals surface area contributed by atoms with Crippen molar-refractivity contribution in [2.75, 3.05) is 13.4 Å². The second-order valence-corrected chi connectivity index (χ2v) is 8.32. The second kappa shape index (κ2) is 6.56. The maximum atomic E-state index is 12.3. The number of hydrazine groups is 1. The van der Waals surface area contributed by atoms with Crippen LogP contribution in [0.1, 0.15) is 17.4 Å². The number of fused-ring (bicyclic) bond motifs is 1. The van der Waals surface area contributed by atoms with Gasteiger partial charge in [0.15, 0.2) is 5.76 Å². The average molecular weight is 406 g/mol. The molecule has 2 aromatic heterocycles. The van der Waals surface area contributed by atoms with Gasteiger partial charge in [-0.3, -0.25) is 0 Å². The van der Waals surface area contributed by atoms with Crippen LogP contribution in [0.3, 0.4) is 0 Å². The molecule has 4 rings (SSSR count). The lowest BCUT2D eigenvalue weighted by Gasteiger charge is -2.23. The third-order valence-corrected chi connectivity index (χ3v) is 5.61. The molecule has 1 aliphatic heterocycles. The fourth-order valence-corrected chi connectivity index (χ4v) is 4.12. The van der Waals surface area contributed by atoms with Crippen LogP contribution in [-0.4, -0.2) is 31.2 Å². The molecule has 1 aliphatic rings. The normalized spacial score (nSPS) is 17.7. The van der Waals surface area contributed by atoms with Gasteiger partial charge in [-0.1, -0.05) is 11.6 Å². The summed E-state index contributed by atoms with van der Waals surface area (Å²) in [7, 11) is -2.01. The Kier molecular flexibility index (Phi) is 4.33. The van der Waals surface area contributed by atoms with E-state index in [0.29, 0.717) is 28.3 Å². The van der Waals surface area contributed by atoms with Crippen LogP contribution in [0.25, 0.3) is 16.6 Å². The summed E-state index contributed by atoms with van der Waals surface area (Å²) >= 11 is 6.40. The highest BCUT2D eigenvalue weighted by atomic mass is 35.5. The number of benzene rings is 1. The molecule has 1 aromatic carbocycles. The van der Waals surface area contributed by atoms with Crippen LogP contribution in [0.4, 0.5) is 0 Å². The van der Waals surface area contributed by atoms with Gasteiger partial charge >= 0.3 is 0 Å². The summed E-state index contributed by atoms with van der Waals surface area (Å²) in [6.45, 7) is 0. The Morgan fingerprint density at radius 1 is 1.30 bits per heavy atom. The van der Waals surface area contributed by atoms with E-state index in [-0.39, 0.29) is 5.15 Å². The molecule has 0 amide bonds. The van der Waals surface area contributed by atoms with E-state index >= 15 is 0 Å². The zero-order chi connectivity index (χ0) is 19.2. The monoisotopic (exact) mass is 405 g/mol. The lowest BCUT2D eigenvalue weighted by molar-refractivity contribution is 0.348. The van der Waals surface area contributed by atoms with E-state index in [1.807, 2.05) is 12.1 Å². The fraction of sp³-hybridized carbons (Fsp3) is 0.167. The zero-order valence-corrected chi connectivity index (χ0v) is 16.1. The topological polar surface area (TPSA) is 84.7 Å². The van der Waals surface area contributed by atoms with Gasteiger partial charge in [0, 0.05) is 10.9 Å². The van der Waals surface area contributed by atoms with E-state index in [9.17, 15) is 8.42 Å². The maximum Gasteiger partial charge on any atom is 0.228 e. The first kappa shape index (κ1) is 17.8. The minimum absolute atomic E-state index is 0.227. The fourth-order valence-electron chi connectivity index (χ4n) is 3.01. The predicted molar refractivity (Wildman–Crippen MR) is 103 cm³/mol. The molecule has 0 spiro atoms. The van der Waals surface area contributed by atoms with Crippen molar-refractivity contribution in [3.63, 3.8) is 0 Å². The van der Waals surface area contributed by atoms with Gasteiger partial charge in [0.25, 0.3) is 0 Å². The summed E-state index contributed by atoms with van der Waals surface area (Å²) in [4.78, 5) is 4.41. The molecule has 0 bridgehead atoms. The molecule has 0 radical (unpaired) electrons. The molecule has 0 unspecified atom stereocenters. The van der Waals surface area contributed by atoms with Crippen molar-refractivity contribution >= 4 is 38.2 Å². The number of nitrogens with zero attached hydrogens (tertiary/aromatic N) is 2. The maximum absolute atomic E-state index is 12.3. The second-order valence-electron chi connectivity index (χ2n) is 6.10. The molecule has 3 heterocycles. The van der Waals surface area contributed by atoms with Gasteiger partial charge in [0.05, 0.1) is 36.9 Å². The highest BCUT2D eigenvalue weighted by Gasteiger charge is 2.35. The number of rotatable bonds is 4. The van der Waals surface area contributed by atoms with Gasteiger partial charge in [-0.05, 0) is 42.5 Å². The quantitative estimate of drug-likeness (QED) is 0.670. The van der Waals surface area contributed by atoms with Gasteiger partial charge in [0.1, 0.15) is 10.9 Å². The van der Waals surface area contributed by atoms with E-state index in [2.05, 4.69) is 10.4 Å². The Bertz CT molecular complexity index is 1140. The SMILES string of the molecule is COc1ccc2nc(Cl)c([C@H]3C=C(c4ccco4)NN3S(C)(=O)=O)cc2c1. The zero-order valence-electron chi connectivity index (χ0n) is 14.5. The number of furan rings is 1. The molecule has 9 heteroatoms. The molecule has 3 aromatic rings. The highest BCUT2D eigenvalue weighted by Crippen LogP contribution is 2.37. The van der Waals surface area contributed by atoms with Crippen LogP contribution in [0, 0.1) is 0 Å². The van der Waals surface area contributed by atoms with Crippen molar-refractivity contribution in [1.29, 1.82) is 0 Å². The standard InChI is InChI=1S/C18H16ClN3O4S/c1-25-12-5-6-14-11(8-12)9-13(18(19)20-14)16-10-15(17-4-3-7-26-17)21-22(16)27(2,23)24/h3-10,16,21H,1-2H3/t16-/m1/s1. The van der Waals surface area contributed by atoms with Gasteiger partial charge in [-0.25, -0.2) is 13.4 Å². The molecule has 0 saturated carbocycles. The number of ether oxygens (including phenoxy) is 1. The first-order chi connectivity index (χ1) is 12.9. The van der Waals surface area contributed by atoms with Gasteiger partial charge in [0.2, 0.25) is 10.0 Å². The lowest BCUT2D eigenvalue weighted by atomic mass is 10.1. The molecule has 1 atom stereocenters. The average Bonchev–Trinajstić information content (AvgIpc) is 3.29. The van der Waals surface area contributed by atoms with Gasteiger partial charge in [-0.15, -0.1) is 4.41 Å².